The summed E-state index contributed by atoms with van der Waals surface area (Å²) < 4.78 is 10.8. The molecule has 6 nitrogen and oxygen atoms in total. The van der Waals surface area contributed by atoms with Gasteiger partial charge in [0.15, 0.2) is 11.5 Å². The molecule has 0 atom stereocenters. The van der Waals surface area contributed by atoms with Gasteiger partial charge in [-0.1, -0.05) is 12.1 Å². The summed E-state index contributed by atoms with van der Waals surface area (Å²) in [5, 5.41) is 16.4. The first-order chi connectivity index (χ1) is 13.6. The lowest BCUT2D eigenvalue weighted by Gasteiger charge is -2.12. The number of thiophene rings is 1. The summed E-state index contributed by atoms with van der Waals surface area (Å²) >= 11 is 1.54. The van der Waals surface area contributed by atoms with E-state index in [1.165, 1.54) is 17.7 Å². The van der Waals surface area contributed by atoms with E-state index < -0.39 is 0 Å². The number of methoxy groups -OCH3 is 2. The number of aromatic nitrogens is 2. The molecule has 0 radical (unpaired) electrons. The number of aryl methyl sites for hydroxylation is 1. The minimum absolute atomic E-state index is 0.176. The monoisotopic (exact) mass is 393 g/mol. The molecular formula is C21H19N3O3S. The lowest BCUT2D eigenvalue weighted by molar-refractivity contribution is 0.355. The number of aromatic hydroxyl groups is 1. The SMILES string of the molecule is COc1ccc(-c2csc3ncnc(Nc4ccc(C)cc4O)c23)cc1OC. The summed E-state index contributed by atoms with van der Waals surface area (Å²) in [5.74, 6) is 2.14. The molecule has 0 fully saturated rings. The van der Waals surface area contributed by atoms with Crippen molar-refractivity contribution in [2.75, 3.05) is 19.5 Å². The van der Waals surface area contributed by atoms with Crippen molar-refractivity contribution in [1.29, 1.82) is 0 Å². The zero-order valence-electron chi connectivity index (χ0n) is 15.7. The zero-order valence-corrected chi connectivity index (χ0v) is 16.5. The highest BCUT2D eigenvalue weighted by atomic mass is 32.1. The van der Waals surface area contributed by atoms with Crippen molar-refractivity contribution < 1.29 is 14.6 Å². The van der Waals surface area contributed by atoms with Gasteiger partial charge >= 0.3 is 0 Å². The summed E-state index contributed by atoms with van der Waals surface area (Å²) in [6, 6.07) is 11.3. The Kier molecular flexibility index (Phi) is 4.75. The van der Waals surface area contributed by atoms with Crippen molar-refractivity contribution >= 4 is 33.1 Å². The molecule has 0 unspecified atom stereocenters. The maximum Gasteiger partial charge on any atom is 0.161 e. The smallest absolute Gasteiger partial charge is 0.161 e. The Morgan fingerprint density at radius 2 is 1.82 bits per heavy atom. The van der Waals surface area contributed by atoms with Crippen LogP contribution >= 0.6 is 11.3 Å². The van der Waals surface area contributed by atoms with Crippen molar-refractivity contribution in [3.8, 4) is 28.4 Å². The van der Waals surface area contributed by atoms with Crippen LogP contribution in [0.2, 0.25) is 0 Å². The van der Waals surface area contributed by atoms with Crippen LogP contribution in [0.3, 0.4) is 0 Å². The molecule has 0 saturated carbocycles. The van der Waals surface area contributed by atoms with Crippen LogP contribution in [0.5, 0.6) is 17.2 Å². The molecule has 0 aliphatic heterocycles. The molecule has 0 saturated heterocycles. The number of hydrogen-bond acceptors (Lipinski definition) is 7. The second kappa shape index (κ2) is 7.36. The Bertz CT molecular complexity index is 1160. The number of rotatable bonds is 5. The average molecular weight is 393 g/mol. The number of anilines is 2. The van der Waals surface area contributed by atoms with Gasteiger partial charge in [-0.2, -0.15) is 0 Å². The fourth-order valence-electron chi connectivity index (χ4n) is 3.06. The van der Waals surface area contributed by atoms with Gasteiger partial charge in [0, 0.05) is 10.9 Å². The van der Waals surface area contributed by atoms with Gasteiger partial charge in [0.25, 0.3) is 0 Å². The lowest BCUT2D eigenvalue weighted by atomic mass is 10.1. The van der Waals surface area contributed by atoms with Crippen LogP contribution in [-0.2, 0) is 0 Å². The molecule has 0 bridgehead atoms. The largest absolute Gasteiger partial charge is 0.506 e. The summed E-state index contributed by atoms with van der Waals surface area (Å²) in [4.78, 5) is 9.66. The zero-order chi connectivity index (χ0) is 19.7. The van der Waals surface area contributed by atoms with Crippen LogP contribution < -0.4 is 14.8 Å². The fraction of sp³-hybridized carbons (Fsp3) is 0.143. The minimum Gasteiger partial charge on any atom is -0.506 e. The van der Waals surface area contributed by atoms with Crippen molar-refractivity contribution in [2.24, 2.45) is 0 Å². The Hall–Kier alpha value is -3.32. The van der Waals surface area contributed by atoms with Crippen LogP contribution in [-0.4, -0.2) is 29.3 Å². The molecule has 7 heteroatoms. The number of phenolic OH excluding ortho intramolecular Hbond substituents is 1. The molecule has 2 aromatic heterocycles. The molecule has 2 heterocycles. The second-order valence-corrected chi connectivity index (χ2v) is 7.13. The Balaban J connectivity index is 1.83. The predicted molar refractivity (Wildman–Crippen MR) is 112 cm³/mol. The Labute approximate surface area is 166 Å². The van der Waals surface area contributed by atoms with Crippen molar-refractivity contribution in [1.82, 2.24) is 9.97 Å². The molecule has 2 aromatic carbocycles. The molecule has 0 spiro atoms. The summed E-state index contributed by atoms with van der Waals surface area (Å²) in [6.45, 7) is 1.93. The van der Waals surface area contributed by atoms with Crippen molar-refractivity contribution in [3.05, 3.63) is 53.7 Å². The maximum absolute atomic E-state index is 10.3. The van der Waals surface area contributed by atoms with Gasteiger partial charge in [-0.05, 0) is 42.3 Å². The molecule has 0 aliphatic rings. The lowest BCUT2D eigenvalue weighted by Crippen LogP contribution is -1.96. The summed E-state index contributed by atoms with van der Waals surface area (Å²) in [7, 11) is 3.23. The van der Waals surface area contributed by atoms with E-state index >= 15 is 0 Å². The fourth-order valence-corrected chi connectivity index (χ4v) is 3.98. The average Bonchev–Trinajstić information content (AvgIpc) is 3.14. The molecule has 4 rings (SSSR count). The van der Waals surface area contributed by atoms with Crippen LogP contribution in [0.1, 0.15) is 5.56 Å². The third-order valence-corrected chi connectivity index (χ3v) is 5.36. The number of benzene rings is 2. The van der Waals surface area contributed by atoms with Crippen LogP contribution in [0.25, 0.3) is 21.3 Å². The number of hydrogen-bond donors (Lipinski definition) is 2. The van der Waals surface area contributed by atoms with Gasteiger partial charge in [-0.15, -0.1) is 11.3 Å². The number of phenols is 1. The highest BCUT2D eigenvalue weighted by molar-refractivity contribution is 7.17. The molecule has 28 heavy (non-hydrogen) atoms. The Morgan fingerprint density at radius 3 is 2.57 bits per heavy atom. The van der Waals surface area contributed by atoms with Gasteiger partial charge in [-0.25, -0.2) is 9.97 Å². The molecule has 142 valence electrons. The number of nitrogens with zero attached hydrogens (tertiary/aromatic N) is 2. The highest BCUT2D eigenvalue weighted by Gasteiger charge is 2.16. The molecule has 2 N–H and O–H groups in total. The number of fused-ring (bicyclic) bond motifs is 1. The third kappa shape index (κ3) is 3.20. The molecule has 0 aliphatic carbocycles. The molecular weight excluding hydrogens is 374 g/mol. The van der Waals surface area contributed by atoms with Gasteiger partial charge < -0.3 is 19.9 Å². The van der Waals surface area contributed by atoms with Gasteiger partial charge in [0.1, 0.15) is 22.7 Å². The minimum atomic E-state index is 0.176. The third-order valence-electron chi connectivity index (χ3n) is 4.47. The number of nitrogens with one attached hydrogen (secondary N) is 1. The normalized spacial score (nSPS) is 10.8. The van der Waals surface area contributed by atoms with E-state index in [1.807, 2.05) is 42.6 Å². The first kappa shape index (κ1) is 18.1. The van der Waals surface area contributed by atoms with E-state index in [1.54, 1.807) is 20.3 Å². The first-order valence-electron chi connectivity index (χ1n) is 8.62. The van der Waals surface area contributed by atoms with Gasteiger partial charge in [0.05, 0.1) is 25.3 Å². The van der Waals surface area contributed by atoms with E-state index in [4.69, 9.17) is 9.47 Å². The summed E-state index contributed by atoms with van der Waals surface area (Å²) in [5.41, 5.74) is 3.53. The van der Waals surface area contributed by atoms with E-state index in [9.17, 15) is 5.11 Å². The Morgan fingerprint density at radius 1 is 1.00 bits per heavy atom. The van der Waals surface area contributed by atoms with E-state index in [0.717, 1.165) is 26.9 Å². The van der Waals surface area contributed by atoms with Crippen LogP contribution in [0.4, 0.5) is 11.5 Å². The van der Waals surface area contributed by atoms with E-state index in [2.05, 4.69) is 15.3 Å². The van der Waals surface area contributed by atoms with E-state index in [0.29, 0.717) is 23.0 Å². The standard InChI is InChI=1S/C21H19N3O3S/c1-12-4-6-15(16(25)8-12)24-20-19-14(10-28-21(19)23-11-22-20)13-5-7-17(26-2)18(9-13)27-3/h4-11,25H,1-3H3,(H,22,23,24). The van der Waals surface area contributed by atoms with Crippen LogP contribution in [0.15, 0.2) is 48.1 Å². The highest BCUT2D eigenvalue weighted by Crippen LogP contribution is 2.41. The second-order valence-electron chi connectivity index (χ2n) is 6.27. The quantitative estimate of drug-likeness (QED) is 0.458. The van der Waals surface area contributed by atoms with Crippen LogP contribution in [0, 0.1) is 6.92 Å². The molecule has 4 aromatic rings. The van der Waals surface area contributed by atoms with Crippen molar-refractivity contribution in [3.63, 3.8) is 0 Å². The topological polar surface area (TPSA) is 76.5 Å². The van der Waals surface area contributed by atoms with Crippen molar-refractivity contribution in [2.45, 2.75) is 6.92 Å². The van der Waals surface area contributed by atoms with Gasteiger partial charge in [0.2, 0.25) is 0 Å². The maximum atomic E-state index is 10.3. The first-order valence-corrected chi connectivity index (χ1v) is 9.50. The number of ether oxygens (including phenoxy) is 2. The summed E-state index contributed by atoms with van der Waals surface area (Å²) in [6.07, 6.45) is 1.52. The predicted octanol–water partition coefficient (Wildman–Crippen LogP) is 5.13. The molecule has 0 amide bonds. The van der Waals surface area contributed by atoms with E-state index in [-0.39, 0.29) is 5.75 Å². The van der Waals surface area contributed by atoms with Gasteiger partial charge in [-0.3, -0.25) is 0 Å².